The fourth-order valence-corrected chi connectivity index (χ4v) is 6.24. The summed E-state index contributed by atoms with van der Waals surface area (Å²) in [5.41, 5.74) is 3.60. The second-order valence-electron chi connectivity index (χ2n) is 9.94. The predicted octanol–water partition coefficient (Wildman–Crippen LogP) is 4.57. The molecule has 162 valence electrons. The van der Waals surface area contributed by atoms with Gasteiger partial charge >= 0.3 is 0 Å². The smallest absolute Gasteiger partial charge is 0.223 e. The minimum Gasteiger partial charge on any atom is -0.337 e. The second-order valence-corrected chi connectivity index (χ2v) is 9.94. The third-order valence-corrected chi connectivity index (χ3v) is 8.09. The van der Waals surface area contributed by atoms with Gasteiger partial charge in [0, 0.05) is 43.5 Å². The van der Waals surface area contributed by atoms with Crippen molar-refractivity contribution < 1.29 is 4.79 Å². The lowest BCUT2D eigenvalue weighted by molar-refractivity contribution is -0.132. The Balaban J connectivity index is 1.28. The summed E-state index contributed by atoms with van der Waals surface area (Å²) in [6, 6.07) is 6.21. The van der Waals surface area contributed by atoms with Crippen LogP contribution in [0, 0.1) is 12.8 Å². The molecular weight excluding hydrogens is 372 g/mol. The Labute approximate surface area is 180 Å². The quantitative estimate of drug-likeness (QED) is 0.744. The highest BCUT2D eigenvalue weighted by molar-refractivity contribution is 5.79. The molecule has 1 saturated carbocycles. The summed E-state index contributed by atoms with van der Waals surface area (Å²) in [5.74, 6) is 1.16. The Bertz CT molecular complexity index is 900. The van der Waals surface area contributed by atoms with Gasteiger partial charge < -0.3 is 9.30 Å². The maximum absolute atomic E-state index is 12.8. The van der Waals surface area contributed by atoms with Crippen molar-refractivity contribution in [2.75, 3.05) is 19.6 Å². The highest BCUT2D eigenvalue weighted by Gasteiger charge is 2.46. The van der Waals surface area contributed by atoms with Crippen molar-refractivity contribution in [1.82, 2.24) is 19.2 Å². The van der Waals surface area contributed by atoms with Gasteiger partial charge in [-0.25, -0.2) is 4.98 Å². The molecule has 0 radical (unpaired) electrons. The number of amides is 1. The largest absolute Gasteiger partial charge is 0.337 e. The van der Waals surface area contributed by atoms with Crippen molar-refractivity contribution in [3.8, 4) is 0 Å². The number of imidazole rings is 1. The van der Waals surface area contributed by atoms with Crippen molar-refractivity contribution >= 4 is 11.6 Å². The molecule has 0 bridgehead atoms. The van der Waals surface area contributed by atoms with Crippen molar-refractivity contribution in [2.24, 2.45) is 5.92 Å². The summed E-state index contributed by atoms with van der Waals surface area (Å²) in [6.07, 6.45) is 14.1. The minimum absolute atomic E-state index is 0.122. The van der Waals surface area contributed by atoms with Gasteiger partial charge in [-0.2, -0.15) is 0 Å². The van der Waals surface area contributed by atoms with Gasteiger partial charge in [-0.05, 0) is 70.0 Å². The lowest BCUT2D eigenvalue weighted by Crippen LogP contribution is -2.48. The molecule has 2 aromatic heterocycles. The van der Waals surface area contributed by atoms with E-state index >= 15 is 0 Å². The number of hydrogen-bond acceptors (Lipinski definition) is 3. The number of likely N-dealkylation sites (tertiary alicyclic amines) is 2. The van der Waals surface area contributed by atoms with Gasteiger partial charge in [-0.3, -0.25) is 9.69 Å². The average Bonchev–Trinajstić information content (AvgIpc) is 3.15. The topological polar surface area (TPSA) is 40.9 Å². The molecule has 2 aromatic rings. The molecule has 0 aromatic carbocycles. The van der Waals surface area contributed by atoms with Gasteiger partial charge in [-0.1, -0.05) is 25.3 Å². The summed E-state index contributed by atoms with van der Waals surface area (Å²) < 4.78 is 2.19. The Kier molecular flexibility index (Phi) is 5.57. The van der Waals surface area contributed by atoms with Crippen LogP contribution in [-0.4, -0.2) is 50.3 Å². The summed E-state index contributed by atoms with van der Waals surface area (Å²) >= 11 is 0. The average molecular weight is 409 g/mol. The zero-order chi connectivity index (χ0) is 20.6. The molecule has 5 heteroatoms. The van der Waals surface area contributed by atoms with E-state index in [1.165, 1.54) is 56.3 Å². The van der Waals surface area contributed by atoms with Crippen LogP contribution < -0.4 is 0 Å². The maximum atomic E-state index is 12.8. The fraction of sp³-hybridized carbons (Fsp3) is 0.680. The molecular formula is C25H36N4O. The first-order valence-corrected chi connectivity index (χ1v) is 12.1. The lowest BCUT2D eigenvalue weighted by atomic mass is 9.84. The molecule has 3 aliphatic rings. The van der Waals surface area contributed by atoms with Crippen LogP contribution in [0.5, 0.6) is 0 Å². The van der Waals surface area contributed by atoms with Gasteiger partial charge in [0.25, 0.3) is 0 Å². The molecule has 3 fully saturated rings. The first-order chi connectivity index (χ1) is 14.6. The van der Waals surface area contributed by atoms with Crippen LogP contribution >= 0.6 is 0 Å². The molecule has 1 amide bonds. The van der Waals surface area contributed by atoms with Gasteiger partial charge in [0.2, 0.25) is 5.91 Å². The predicted molar refractivity (Wildman–Crippen MR) is 119 cm³/mol. The van der Waals surface area contributed by atoms with Gasteiger partial charge in [-0.15, -0.1) is 0 Å². The standard InChI is InChI=1S/C25H36N4O/c1-20-22(26-23-10-5-6-16-28(20)23)19-27-15-7-12-25(14-17-27)13-11-24(30)29(25)18-21-8-3-2-4-9-21/h5-6,10,16,21H,2-4,7-9,11-15,17-19H2,1H3/t25-/m1/s1. The number of pyridine rings is 1. The van der Waals surface area contributed by atoms with E-state index in [1.807, 2.05) is 0 Å². The molecule has 4 heterocycles. The highest BCUT2D eigenvalue weighted by atomic mass is 16.2. The van der Waals surface area contributed by atoms with E-state index in [4.69, 9.17) is 4.98 Å². The number of fused-ring (bicyclic) bond motifs is 1. The Hall–Kier alpha value is -1.88. The molecule has 30 heavy (non-hydrogen) atoms. The fourth-order valence-electron chi connectivity index (χ4n) is 6.24. The van der Waals surface area contributed by atoms with Crippen LogP contribution in [0.3, 0.4) is 0 Å². The zero-order valence-electron chi connectivity index (χ0n) is 18.5. The van der Waals surface area contributed by atoms with E-state index in [0.29, 0.717) is 5.91 Å². The number of aromatic nitrogens is 2. The van der Waals surface area contributed by atoms with Crippen LogP contribution in [0.15, 0.2) is 24.4 Å². The number of hydrogen-bond donors (Lipinski definition) is 0. The number of nitrogens with zero attached hydrogens (tertiary/aromatic N) is 4. The molecule has 0 unspecified atom stereocenters. The first-order valence-electron chi connectivity index (χ1n) is 12.1. The molecule has 5 rings (SSSR count). The Morgan fingerprint density at radius 3 is 2.77 bits per heavy atom. The van der Waals surface area contributed by atoms with Crippen LogP contribution in [0.25, 0.3) is 5.65 Å². The monoisotopic (exact) mass is 408 g/mol. The van der Waals surface area contributed by atoms with Crippen molar-refractivity contribution in [3.05, 3.63) is 35.8 Å². The van der Waals surface area contributed by atoms with Crippen LogP contribution in [-0.2, 0) is 11.3 Å². The van der Waals surface area contributed by atoms with Crippen LogP contribution in [0.4, 0.5) is 0 Å². The van der Waals surface area contributed by atoms with Crippen LogP contribution in [0.2, 0.25) is 0 Å². The summed E-state index contributed by atoms with van der Waals surface area (Å²) in [5, 5.41) is 0. The summed E-state index contributed by atoms with van der Waals surface area (Å²) in [7, 11) is 0. The van der Waals surface area contributed by atoms with Crippen molar-refractivity contribution in [1.29, 1.82) is 0 Å². The Morgan fingerprint density at radius 2 is 1.93 bits per heavy atom. The third kappa shape index (κ3) is 3.77. The number of rotatable bonds is 4. The summed E-state index contributed by atoms with van der Waals surface area (Å²) in [4.78, 5) is 22.7. The molecule has 1 spiro atoms. The number of carbonyl (C=O) groups is 1. The SMILES string of the molecule is Cc1c(CN2CCC[C@@]3(CCC(=O)N3CC3CCCCC3)CC2)nc2ccccn12. The van der Waals surface area contributed by atoms with E-state index in [-0.39, 0.29) is 5.54 Å². The summed E-state index contributed by atoms with van der Waals surface area (Å²) in [6.45, 7) is 6.29. The normalized spacial score (nSPS) is 26.7. The third-order valence-electron chi connectivity index (χ3n) is 8.09. The maximum Gasteiger partial charge on any atom is 0.223 e. The van der Waals surface area contributed by atoms with Gasteiger partial charge in [0.05, 0.1) is 5.69 Å². The van der Waals surface area contributed by atoms with E-state index in [0.717, 1.165) is 57.0 Å². The Morgan fingerprint density at radius 1 is 1.07 bits per heavy atom. The van der Waals surface area contributed by atoms with Gasteiger partial charge in [0.15, 0.2) is 0 Å². The molecule has 1 atom stereocenters. The van der Waals surface area contributed by atoms with E-state index in [1.54, 1.807) is 0 Å². The molecule has 2 aliphatic heterocycles. The van der Waals surface area contributed by atoms with Crippen molar-refractivity contribution in [3.63, 3.8) is 0 Å². The van der Waals surface area contributed by atoms with Gasteiger partial charge in [0.1, 0.15) is 5.65 Å². The highest BCUT2D eigenvalue weighted by Crippen LogP contribution is 2.41. The molecule has 2 saturated heterocycles. The number of carbonyl (C=O) groups excluding carboxylic acids is 1. The first kappa shape index (κ1) is 20.0. The molecule has 1 aliphatic carbocycles. The molecule has 0 N–H and O–H groups in total. The lowest BCUT2D eigenvalue weighted by Gasteiger charge is -2.41. The van der Waals surface area contributed by atoms with E-state index < -0.39 is 0 Å². The minimum atomic E-state index is 0.122. The number of aryl methyl sites for hydroxylation is 1. The van der Waals surface area contributed by atoms with E-state index in [9.17, 15) is 4.79 Å². The van der Waals surface area contributed by atoms with Crippen LogP contribution in [0.1, 0.15) is 75.6 Å². The second kappa shape index (κ2) is 8.33. The zero-order valence-corrected chi connectivity index (χ0v) is 18.5. The van der Waals surface area contributed by atoms with E-state index in [2.05, 4.69) is 45.5 Å². The van der Waals surface area contributed by atoms with Crippen molar-refractivity contribution in [2.45, 2.75) is 83.2 Å². The molecule has 5 nitrogen and oxygen atoms in total.